The van der Waals surface area contributed by atoms with E-state index >= 15 is 0 Å². The molecule has 0 radical (unpaired) electrons. The van der Waals surface area contributed by atoms with E-state index in [9.17, 15) is 0 Å². The van der Waals surface area contributed by atoms with E-state index in [1.54, 1.807) is 29.4 Å². The number of anilines is 2. The van der Waals surface area contributed by atoms with Gasteiger partial charge >= 0.3 is 0 Å². The molecule has 5 nitrogen and oxygen atoms in total. The molecule has 5 rings (SSSR count). The van der Waals surface area contributed by atoms with Gasteiger partial charge in [0.2, 0.25) is 0 Å². The van der Waals surface area contributed by atoms with Gasteiger partial charge in [0.15, 0.2) is 0 Å². The number of thiophene rings is 1. The summed E-state index contributed by atoms with van der Waals surface area (Å²) in [6.07, 6.45) is 8.00. The Kier molecular flexibility index (Phi) is 6.51. The number of pyridine rings is 1. The molecule has 4 aromatic rings. The molecule has 0 N–H and O–H groups in total. The van der Waals surface area contributed by atoms with E-state index < -0.39 is 0 Å². The number of hydrogen-bond donors (Lipinski definition) is 0. The highest BCUT2D eigenvalue weighted by atomic mass is 32.2. The van der Waals surface area contributed by atoms with E-state index in [1.165, 1.54) is 26.3 Å². The normalized spacial score (nSPS) is 14.7. The van der Waals surface area contributed by atoms with Crippen molar-refractivity contribution in [3.8, 4) is 11.1 Å². The van der Waals surface area contributed by atoms with Gasteiger partial charge in [-0.25, -0.2) is 15.0 Å². The van der Waals surface area contributed by atoms with Gasteiger partial charge < -0.3 is 9.80 Å². The largest absolute Gasteiger partial charge is 0.356 e. The maximum Gasteiger partial charge on any atom is 0.150 e. The first kappa shape index (κ1) is 22.2. The lowest BCUT2D eigenvalue weighted by molar-refractivity contribution is 0.466. The van der Waals surface area contributed by atoms with Gasteiger partial charge in [0.1, 0.15) is 18.0 Å². The van der Waals surface area contributed by atoms with Crippen LogP contribution in [-0.2, 0) is 0 Å². The summed E-state index contributed by atoms with van der Waals surface area (Å²) < 4.78 is 1.19. The van der Waals surface area contributed by atoms with E-state index in [0.29, 0.717) is 6.04 Å². The predicted octanol–water partition coefficient (Wildman–Crippen LogP) is 6.28. The molecule has 0 unspecified atom stereocenters. The van der Waals surface area contributed by atoms with Crippen molar-refractivity contribution < 1.29 is 0 Å². The maximum absolute atomic E-state index is 4.77. The molecule has 0 aliphatic carbocycles. The minimum atomic E-state index is 0.473. The molecule has 4 heterocycles. The van der Waals surface area contributed by atoms with Crippen molar-refractivity contribution in [3.63, 3.8) is 0 Å². The van der Waals surface area contributed by atoms with Crippen LogP contribution in [-0.4, -0.2) is 46.9 Å². The molecular weight excluding hydrogens is 446 g/mol. The first-order chi connectivity index (χ1) is 16.2. The number of thioether (sulfide) groups is 1. The second-order valence-electron chi connectivity index (χ2n) is 8.45. The average Bonchev–Trinajstić information content (AvgIpc) is 3.30. The Labute approximate surface area is 203 Å². The number of benzene rings is 1. The maximum atomic E-state index is 4.77. The molecule has 0 bridgehead atoms. The van der Waals surface area contributed by atoms with Gasteiger partial charge in [0.05, 0.1) is 10.2 Å². The van der Waals surface area contributed by atoms with Gasteiger partial charge in [-0.15, -0.1) is 23.1 Å². The summed E-state index contributed by atoms with van der Waals surface area (Å²) in [4.78, 5) is 20.3. The first-order valence-corrected chi connectivity index (χ1v) is 13.6. The number of hydrogen-bond acceptors (Lipinski definition) is 7. The molecule has 0 saturated carbocycles. The highest BCUT2D eigenvalue weighted by Crippen LogP contribution is 2.38. The lowest BCUT2D eigenvalue weighted by Crippen LogP contribution is -2.45. The molecule has 0 atom stereocenters. The number of rotatable bonds is 6. The molecule has 1 aliphatic heterocycles. The summed E-state index contributed by atoms with van der Waals surface area (Å²) in [5.41, 5.74) is 4.67. The zero-order chi connectivity index (χ0) is 22.8. The van der Waals surface area contributed by atoms with Gasteiger partial charge in [-0.05, 0) is 62.3 Å². The molecular formula is C26H29N5S2. The van der Waals surface area contributed by atoms with Crippen molar-refractivity contribution in [2.45, 2.75) is 37.6 Å². The summed E-state index contributed by atoms with van der Waals surface area (Å²) in [7, 11) is 0. The van der Waals surface area contributed by atoms with Crippen LogP contribution in [0.2, 0.25) is 0 Å². The molecule has 1 saturated heterocycles. The third kappa shape index (κ3) is 4.44. The summed E-state index contributed by atoms with van der Waals surface area (Å²) >= 11 is 3.53. The van der Waals surface area contributed by atoms with E-state index in [0.717, 1.165) is 49.6 Å². The fourth-order valence-electron chi connectivity index (χ4n) is 4.65. The fourth-order valence-corrected chi connectivity index (χ4v) is 6.09. The van der Waals surface area contributed by atoms with Crippen LogP contribution in [0.25, 0.3) is 21.3 Å². The van der Waals surface area contributed by atoms with Crippen LogP contribution in [0.5, 0.6) is 0 Å². The SMILES string of the molecule is CCN(c1ncnc2c(-c3ccc(SC)cc3)csc12)C1CCN(c2ccc(C)cn2)CC1. The molecule has 0 spiro atoms. The van der Waals surface area contributed by atoms with E-state index in [4.69, 9.17) is 9.97 Å². The Morgan fingerprint density at radius 3 is 2.52 bits per heavy atom. The number of fused-ring (bicyclic) bond motifs is 1. The topological polar surface area (TPSA) is 45.2 Å². The van der Waals surface area contributed by atoms with Crippen LogP contribution in [0.15, 0.2) is 59.2 Å². The molecule has 1 aliphatic rings. The highest BCUT2D eigenvalue weighted by molar-refractivity contribution is 7.98. The van der Waals surface area contributed by atoms with Gasteiger partial charge in [0, 0.05) is 47.7 Å². The van der Waals surface area contributed by atoms with Gasteiger partial charge in [-0.2, -0.15) is 0 Å². The molecule has 170 valence electrons. The van der Waals surface area contributed by atoms with Crippen molar-refractivity contribution in [3.05, 3.63) is 59.9 Å². The minimum Gasteiger partial charge on any atom is -0.356 e. The second-order valence-corrected chi connectivity index (χ2v) is 10.2. The van der Waals surface area contributed by atoms with E-state index in [-0.39, 0.29) is 0 Å². The summed E-state index contributed by atoms with van der Waals surface area (Å²) in [5, 5.41) is 2.23. The van der Waals surface area contributed by atoms with Crippen LogP contribution in [0, 0.1) is 6.92 Å². The number of aryl methyl sites for hydroxylation is 1. The number of piperidine rings is 1. The fraction of sp³-hybridized carbons (Fsp3) is 0.346. The predicted molar refractivity (Wildman–Crippen MR) is 142 cm³/mol. The smallest absolute Gasteiger partial charge is 0.150 e. The van der Waals surface area contributed by atoms with Crippen molar-refractivity contribution in [2.75, 3.05) is 35.7 Å². The molecule has 1 fully saturated rings. The molecule has 3 aromatic heterocycles. The lowest BCUT2D eigenvalue weighted by Gasteiger charge is -2.39. The average molecular weight is 476 g/mol. The zero-order valence-electron chi connectivity index (χ0n) is 19.4. The highest BCUT2D eigenvalue weighted by Gasteiger charge is 2.27. The second kappa shape index (κ2) is 9.69. The molecule has 7 heteroatoms. The molecule has 1 aromatic carbocycles. The standard InChI is InChI=1S/C26H29N5S2/c1-4-31(20-11-13-30(14-12-20)23-10-5-18(2)15-27-23)26-25-24(28-17-29-26)22(16-33-25)19-6-8-21(32-3)9-7-19/h5-10,15-17,20H,4,11-14H2,1-3H3. The third-order valence-corrected chi connectivity index (χ3v) is 8.18. The summed E-state index contributed by atoms with van der Waals surface area (Å²) in [5.74, 6) is 2.16. The summed E-state index contributed by atoms with van der Waals surface area (Å²) in [6, 6.07) is 13.5. The monoisotopic (exact) mass is 475 g/mol. The van der Waals surface area contributed by atoms with Crippen molar-refractivity contribution in [2.24, 2.45) is 0 Å². The van der Waals surface area contributed by atoms with Crippen LogP contribution in [0.3, 0.4) is 0 Å². The Balaban J connectivity index is 1.38. The zero-order valence-corrected chi connectivity index (χ0v) is 21.0. The van der Waals surface area contributed by atoms with Crippen LogP contribution in [0.4, 0.5) is 11.6 Å². The van der Waals surface area contributed by atoms with Crippen molar-refractivity contribution >= 4 is 45.0 Å². The number of nitrogens with zero attached hydrogens (tertiary/aromatic N) is 5. The Hall–Kier alpha value is -2.64. The van der Waals surface area contributed by atoms with Crippen molar-refractivity contribution in [1.29, 1.82) is 0 Å². The van der Waals surface area contributed by atoms with Crippen molar-refractivity contribution in [1.82, 2.24) is 15.0 Å². The van der Waals surface area contributed by atoms with E-state index in [2.05, 4.69) is 76.7 Å². The minimum absolute atomic E-state index is 0.473. The Morgan fingerprint density at radius 2 is 1.85 bits per heavy atom. The van der Waals surface area contributed by atoms with Gasteiger partial charge in [-0.3, -0.25) is 0 Å². The van der Waals surface area contributed by atoms with Crippen LogP contribution < -0.4 is 9.80 Å². The number of aromatic nitrogens is 3. The summed E-state index contributed by atoms with van der Waals surface area (Å²) in [6.45, 7) is 7.29. The first-order valence-electron chi connectivity index (χ1n) is 11.5. The van der Waals surface area contributed by atoms with Crippen LogP contribution in [0.1, 0.15) is 25.3 Å². The van der Waals surface area contributed by atoms with Gasteiger partial charge in [0.25, 0.3) is 0 Å². The van der Waals surface area contributed by atoms with Crippen LogP contribution >= 0.6 is 23.1 Å². The van der Waals surface area contributed by atoms with E-state index in [1.807, 2.05) is 6.20 Å². The molecule has 0 amide bonds. The lowest BCUT2D eigenvalue weighted by atomic mass is 10.0. The Morgan fingerprint density at radius 1 is 1.06 bits per heavy atom. The molecule has 33 heavy (non-hydrogen) atoms. The van der Waals surface area contributed by atoms with Gasteiger partial charge in [-0.1, -0.05) is 18.2 Å². The Bertz CT molecular complexity index is 1210. The third-order valence-electron chi connectivity index (χ3n) is 6.47. The quantitative estimate of drug-likeness (QED) is 0.306.